The Morgan fingerprint density at radius 2 is 2.09 bits per heavy atom. The highest BCUT2D eigenvalue weighted by atomic mass is 32.1. The highest BCUT2D eigenvalue weighted by Gasteiger charge is 2.16. The molecule has 0 spiro atoms. The number of hydrogen-bond donors (Lipinski definition) is 1. The van der Waals surface area contributed by atoms with Gasteiger partial charge in [0.05, 0.1) is 0 Å². The predicted octanol–water partition coefficient (Wildman–Crippen LogP) is 3.77. The number of carbonyl (C=O) groups is 2. The first-order valence-corrected chi connectivity index (χ1v) is 8.99. The summed E-state index contributed by atoms with van der Waals surface area (Å²) in [7, 11) is 0. The Balaban J connectivity index is 2.41. The Kier molecular flexibility index (Phi) is 9.21. The van der Waals surface area contributed by atoms with E-state index in [-0.39, 0.29) is 18.4 Å². The second-order valence-electron chi connectivity index (χ2n) is 5.55. The van der Waals surface area contributed by atoms with Crippen molar-refractivity contribution in [3.8, 4) is 0 Å². The lowest BCUT2D eigenvalue weighted by Gasteiger charge is -2.20. The first kappa shape index (κ1) is 19.4. The Labute approximate surface area is 142 Å². The molecule has 0 saturated heterocycles. The van der Waals surface area contributed by atoms with Gasteiger partial charge in [0.25, 0.3) is 0 Å². The molecule has 6 heteroatoms. The summed E-state index contributed by atoms with van der Waals surface area (Å²) in [5.41, 5.74) is 0. The van der Waals surface area contributed by atoms with Crippen LogP contribution in [0.1, 0.15) is 50.3 Å². The van der Waals surface area contributed by atoms with Crippen LogP contribution in [-0.2, 0) is 9.59 Å². The molecule has 23 heavy (non-hydrogen) atoms. The fourth-order valence-electron chi connectivity index (χ4n) is 2.19. The number of nitrogens with zero attached hydrogens (tertiary/aromatic N) is 2. The topological polar surface area (TPSA) is 62.3 Å². The lowest BCUT2D eigenvalue weighted by Crippen LogP contribution is -2.38. The third-order valence-electron chi connectivity index (χ3n) is 3.40. The molecule has 0 unspecified atom stereocenters. The molecule has 0 aliphatic rings. The number of rotatable bonds is 11. The van der Waals surface area contributed by atoms with Crippen molar-refractivity contribution in [3.05, 3.63) is 23.7 Å². The minimum Gasteiger partial charge on any atom is -0.330 e. The minimum atomic E-state index is -0.222. The second-order valence-corrected chi connectivity index (χ2v) is 6.79. The molecule has 0 aliphatic carbocycles. The molecule has 1 N–H and O–H groups in total. The van der Waals surface area contributed by atoms with E-state index in [1.54, 1.807) is 17.2 Å². The third-order valence-corrected chi connectivity index (χ3v) is 4.23. The van der Waals surface area contributed by atoms with Crippen molar-refractivity contribution < 1.29 is 9.59 Å². The summed E-state index contributed by atoms with van der Waals surface area (Å²) in [6.45, 7) is 8.19. The summed E-state index contributed by atoms with van der Waals surface area (Å²) in [4.78, 5) is 31.0. The monoisotopic (exact) mass is 337 g/mol. The molecule has 0 aliphatic heterocycles. The van der Waals surface area contributed by atoms with Crippen LogP contribution in [0.4, 0.5) is 5.13 Å². The number of aryl methyl sites for hydroxylation is 1. The summed E-state index contributed by atoms with van der Waals surface area (Å²) in [6.07, 6.45) is 9.34. The van der Waals surface area contributed by atoms with Crippen LogP contribution in [-0.4, -0.2) is 34.8 Å². The van der Waals surface area contributed by atoms with E-state index in [0.717, 1.165) is 24.1 Å². The number of unbranched alkanes of at least 4 members (excludes halogenated alkanes) is 4. The Bertz CT molecular complexity index is 514. The lowest BCUT2D eigenvalue weighted by atomic mass is 10.1. The molecule has 1 rings (SSSR count). The van der Waals surface area contributed by atoms with Gasteiger partial charge < -0.3 is 10.2 Å². The fourth-order valence-corrected chi connectivity index (χ4v) is 2.87. The quantitative estimate of drug-likeness (QED) is 0.494. The van der Waals surface area contributed by atoms with Crippen molar-refractivity contribution >= 4 is 28.3 Å². The van der Waals surface area contributed by atoms with Gasteiger partial charge in [0.2, 0.25) is 11.8 Å². The molecule has 2 amide bonds. The molecule has 0 bridgehead atoms. The number of hydrogen-bond acceptors (Lipinski definition) is 4. The minimum absolute atomic E-state index is 0.00636. The van der Waals surface area contributed by atoms with Gasteiger partial charge in [0.1, 0.15) is 6.54 Å². The first-order chi connectivity index (χ1) is 11.1. The average Bonchev–Trinajstić information content (AvgIpc) is 2.91. The number of carbonyl (C=O) groups excluding carboxylic acids is 2. The summed E-state index contributed by atoms with van der Waals surface area (Å²) < 4.78 is 0. The Hall–Kier alpha value is -1.69. The van der Waals surface area contributed by atoms with Crippen LogP contribution in [0.5, 0.6) is 0 Å². The molecule has 0 radical (unpaired) electrons. The van der Waals surface area contributed by atoms with Gasteiger partial charge in [0.15, 0.2) is 5.13 Å². The van der Waals surface area contributed by atoms with E-state index >= 15 is 0 Å². The van der Waals surface area contributed by atoms with E-state index in [1.807, 2.05) is 6.92 Å². The van der Waals surface area contributed by atoms with Crippen molar-refractivity contribution in [2.45, 2.75) is 52.4 Å². The molecule has 1 heterocycles. The van der Waals surface area contributed by atoms with E-state index in [4.69, 9.17) is 0 Å². The number of aromatic nitrogens is 1. The number of amides is 2. The standard InChI is InChI=1S/C17H27N3O2S/c1-4-6-7-8-9-10-16(22)20(11-5-2)13-15(21)19-17-18-12-14(3)23-17/h5,12H,2,4,6-11,13H2,1,3H3,(H,18,19,21). The zero-order valence-corrected chi connectivity index (χ0v) is 15.0. The van der Waals surface area contributed by atoms with Crippen LogP contribution < -0.4 is 5.32 Å². The lowest BCUT2D eigenvalue weighted by molar-refractivity contribution is -0.134. The maximum Gasteiger partial charge on any atom is 0.245 e. The average molecular weight is 337 g/mol. The molecule has 1 aromatic heterocycles. The fraction of sp³-hybridized carbons (Fsp3) is 0.588. The molecule has 128 valence electrons. The largest absolute Gasteiger partial charge is 0.330 e. The molecule has 0 fully saturated rings. The molecule has 0 saturated carbocycles. The highest BCUT2D eigenvalue weighted by Crippen LogP contribution is 2.16. The van der Waals surface area contributed by atoms with E-state index in [2.05, 4.69) is 23.8 Å². The van der Waals surface area contributed by atoms with E-state index in [0.29, 0.717) is 18.1 Å². The summed E-state index contributed by atoms with van der Waals surface area (Å²) >= 11 is 1.42. The zero-order valence-electron chi connectivity index (χ0n) is 14.1. The van der Waals surface area contributed by atoms with Crippen LogP contribution in [0, 0.1) is 6.92 Å². The highest BCUT2D eigenvalue weighted by molar-refractivity contribution is 7.15. The van der Waals surface area contributed by atoms with Gasteiger partial charge in [-0.1, -0.05) is 38.7 Å². The van der Waals surface area contributed by atoms with Crippen molar-refractivity contribution in [2.75, 3.05) is 18.4 Å². The molecule has 1 aromatic rings. The van der Waals surface area contributed by atoms with Gasteiger partial charge in [-0.2, -0.15) is 0 Å². The number of thiazole rings is 1. The van der Waals surface area contributed by atoms with Gasteiger partial charge in [-0.15, -0.1) is 17.9 Å². The van der Waals surface area contributed by atoms with Crippen LogP contribution in [0.3, 0.4) is 0 Å². The Morgan fingerprint density at radius 3 is 2.70 bits per heavy atom. The van der Waals surface area contributed by atoms with Gasteiger partial charge in [-0.05, 0) is 13.3 Å². The molecule has 0 atom stereocenters. The summed E-state index contributed by atoms with van der Waals surface area (Å²) in [5.74, 6) is -0.215. The van der Waals surface area contributed by atoms with Crippen LogP contribution in [0.2, 0.25) is 0 Å². The van der Waals surface area contributed by atoms with Crippen molar-refractivity contribution in [3.63, 3.8) is 0 Å². The third kappa shape index (κ3) is 7.93. The van der Waals surface area contributed by atoms with Gasteiger partial charge in [-0.25, -0.2) is 4.98 Å². The number of anilines is 1. The van der Waals surface area contributed by atoms with Gasteiger partial charge >= 0.3 is 0 Å². The van der Waals surface area contributed by atoms with Crippen molar-refractivity contribution in [1.29, 1.82) is 0 Å². The summed E-state index contributed by atoms with van der Waals surface area (Å²) in [6, 6.07) is 0. The normalized spacial score (nSPS) is 10.3. The molecule has 5 nitrogen and oxygen atoms in total. The van der Waals surface area contributed by atoms with Crippen LogP contribution in [0.25, 0.3) is 0 Å². The maximum atomic E-state index is 12.2. The zero-order chi connectivity index (χ0) is 17.1. The van der Waals surface area contributed by atoms with Gasteiger partial charge in [0, 0.05) is 24.0 Å². The maximum absolute atomic E-state index is 12.2. The van der Waals surface area contributed by atoms with E-state index in [1.165, 1.54) is 24.2 Å². The first-order valence-electron chi connectivity index (χ1n) is 8.17. The smallest absolute Gasteiger partial charge is 0.245 e. The van der Waals surface area contributed by atoms with Gasteiger partial charge in [-0.3, -0.25) is 9.59 Å². The van der Waals surface area contributed by atoms with Crippen molar-refractivity contribution in [2.24, 2.45) is 0 Å². The SMILES string of the molecule is C=CCN(CC(=O)Nc1ncc(C)s1)C(=O)CCCCCCC. The van der Waals surface area contributed by atoms with Crippen molar-refractivity contribution in [1.82, 2.24) is 9.88 Å². The molecule has 0 aromatic carbocycles. The molecular weight excluding hydrogens is 310 g/mol. The summed E-state index contributed by atoms with van der Waals surface area (Å²) in [5, 5.41) is 3.30. The van der Waals surface area contributed by atoms with Crippen LogP contribution in [0.15, 0.2) is 18.9 Å². The van der Waals surface area contributed by atoms with Crippen LogP contribution >= 0.6 is 11.3 Å². The molecular formula is C17H27N3O2S. The Morgan fingerprint density at radius 1 is 1.35 bits per heavy atom. The number of nitrogens with one attached hydrogen (secondary N) is 1. The predicted molar refractivity (Wildman–Crippen MR) is 95.6 cm³/mol. The van der Waals surface area contributed by atoms with E-state index < -0.39 is 0 Å². The van der Waals surface area contributed by atoms with E-state index in [9.17, 15) is 9.59 Å². The second kappa shape index (κ2) is 10.9.